The number of halogens is 6. The predicted molar refractivity (Wildman–Crippen MR) is 84.9 cm³/mol. The Kier molecular flexibility index (Phi) is 6.50. The third-order valence-electron chi connectivity index (χ3n) is 4.25. The van der Waals surface area contributed by atoms with Crippen LogP contribution in [0.3, 0.4) is 0 Å². The Hall–Kier alpha value is -2.10. The highest BCUT2D eigenvalue weighted by Gasteiger charge is 2.37. The van der Waals surface area contributed by atoms with E-state index in [4.69, 9.17) is 0 Å². The van der Waals surface area contributed by atoms with Gasteiger partial charge in [-0.25, -0.2) is 0 Å². The Balaban J connectivity index is 2.00. The number of alkyl halides is 6. The van der Waals surface area contributed by atoms with Gasteiger partial charge >= 0.3 is 12.4 Å². The lowest BCUT2D eigenvalue weighted by molar-refractivity contribution is -0.143. The number of hydrogen-bond donors (Lipinski definition) is 2. The van der Waals surface area contributed by atoms with E-state index in [0.29, 0.717) is 37.9 Å². The molecule has 0 saturated carbocycles. The zero-order chi connectivity index (χ0) is 20.2. The summed E-state index contributed by atoms with van der Waals surface area (Å²) in [5, 5.41) is 5.00. The first-order valence-corrected chi connectivity index (χ1v) is 8.29. The maximum Gasteiger partial charge on any atom is 0.416 e. The number of benzene rings is 1. The summed E-state index contributed by atoms with van der Waals surface area (Å²) in [7, 11) is 0. The number of hydrogen-bond acceptors (Lipinski definition) is 3. The Bertz CT molecular complexity index is 667. The molecule has 27 heavy (non-hydrogen) atoms. The van der Waals surface area contributed by atoms with Crippen LogP contribution in [-0.2, 0) is 21.9 Å². The minimum atomic E-state index is -4.98. The minimum Gasteiger partial charge on any atom is -0.326 e. The van der Waals surface area contributed by atoms with Gasteiger partial charge in [-0.2, -0.15) is 26.3 Å². The van der Waals surface area contributed by atoms with Crippen LogP contribution < -0.4 is 10.6 Å². The largest absolute Gasteiger partial charge is 0.416 e. The predicted octanol–water partition coefficient (Wildman–Crippen LogP) is 4.01. The van der Waals surface area contributed by atoms with Gasteiger partial charge in [0.2, 0.25) is 5.91 Å². The van der Waals surface area contributed by atoms with Gasteiger partial charge in [0.25, 0.3) is 0 Å². The summed E-state index contributed by atoms with van der Waals surface area (Å²) >= 11 is 0. The topological polar surface area (TPSA) is 58.2 Å². The van der Waals surface area contributed by atoms with Crippen LogP contribution in [0.5, 0.6) is 0 Å². The molecule has 0 spiro atoms. The summed E-state index contributed by atoms with van der Waals surface area (Å²) < 4.78 is 76.8. The molecule has 1 unspecified atom stereocenters. The lowest BCUT2D eigenvalue weighted by Crippen LogP contribution is -2.36. The summed E-state index contributed by atoms with van der Waals surface area (Å²) in [5.74, 6) is -0.845. The molecule has 1 atom stereocenters. The van der Waals surface area contributed by atoms with Crippen molar-refractivity contribution in [3.05, 3.63) is 29.3 Å². The molecule has 1 heterocycles. The van der Waals surface area contributed by atoms with Gasteiger partial charge in [-0.15, -0.1) is 0 Å². The van der Waals surface area contributed by atoms with Crippen LogP contribution in [0.4, 0.5) is 32.0 Å². The van der Waals surface area contributed by atoms with Gasteiger partial charge in [0.15, 0.2) is 0 Å². The Morgan fingerprint density at radius 1 is 1.07 bits per heavy atom. The molecular weight excluding hydrogens is 378 g/mol. The average Bonchev–Trinajstić information content (AvgIpc) is 2.54. The van der Waals surface area contributed by atoms with Crippen molar-refractivity contribution in [3.63, 3.8) is 0 Å². The Labute approximate surface area is 151 Å². The molecule has 1 saturated heterocycles. The number of ketones is 1. The molecule has 2 rings (SSSR count). The van der Waals surface area contributed by atoms with Crippen molar-refractivity contribution < 1.29 is 35.9 Å². The van der Waals surface area contributed by atoms with Crippen LogP contribution in [-0.4, -0.2) is 24.8 Å². The number of amides is 1. The van der Waals surface area contributed by atoms with Crippen molar-refractivity contribution in [1.29, 1.82) is 0 Å². The van der Waals surface area contributed by atoms with Gasteiger partial charge in [-0.05, 0) is 44.0 Å². The van der Waals surface area contributed by atoms with E-state index in [1.165, 1.54) is 0 Å². The molecule has 0 aromatic heterocycles. The van der Waals surface area contributed by atoms with E-state index in [1.807, 2.05) is 0 Å². The van der Waals surface area contributed by atoms with E-state index < -0.39 is 35.1 Å². The van der Waals surface area contributed by atoms with Crippen molar-refractivity contribution >= 4 is 17.4 Å². The number of nitrogens with one attached hydrogen (secondary N) is 2. The maximum absolute atomic E-state index is 12.8. The summed E-state index contributed by atoms with van der Waals surface area (Å²) in [4.78, 5) is 23.5. The smallest absolute Gasteiger partial charge is 0.326 e. The van der Waals surface area contributed by atoms with Crippen LogP contribution in [0.15, 0.2) is 18.2 Å². The molecule has 1 aromatic rings. The third-order valence-corrected chi connectivity index (χ3v) is 4.25. The molecule has 150 valence electrons. The lowest BCUT2D eigenvalue weighted by Gasteiger charge is -2.21. The molecule has 1 aliphatic rings. The molecule has 0 aliphatic carbocycles. The zero-order valence-corrected chi connectivity index (χ0v) is 14.1. The molecule has 1 aliphatic heterocycles. The second kappa shape index (κ2) is 8.28. The molecule has 1 amide bonds. The lowest BCUT2D eigenvalue weighted by atomic mass is 9.91. The standard InChI is InChI=1S/C17H18F6N2O2/c18-16(19,20)11-6-12(17(21,22)23)8-13(7-11)25-15(27)3-1-2-10-4-5-24-9-14(10)26/h6-8,10,24H,1-5,9H2,(H,25,27). The highest BCUT2D eigenvalue weighted by Crippen LogP contribution is 2.37. The van der Waals surface area contributed by atoms with Gasteiger partial charge in [0.1, 0.15) is 5.78 Å². The van der Waals surface area contributed by atoms with Crippen molar-refractivity contribution in [3.8, 4) is 0 Å². The zero-order valence-electron chi connectivity index (χ0n) is 14.1. The monoisotopic (exact) mass is 396 g/mol. The molecule has 1 fully saturated rings. The van der Waals surface area contributed by atoms with Crippen LogP contribution in [0.1, 0.15) is 36.8 Å². The number of carbonyl (C=O) groups is 2. The summed E-state index contributed by atoms with van der Waals surface area (Å²) in [6.07, 6.45) is -8.65. The average molecular weight is 396 g/mol. The van der Waals surface area contributed by atoms with Gasteiger partial charge in [0, 0.05) is 18.0 Å². The Morgan fingerprint density at radius 2 is 1.67 bits per heavy atom. The highest BCUT2D eigenvalue weighted by atomic mass is 19.4. The van der Waals surface area contributed by atoms with E-state index in [9.17, 15) is 35.9 Å². The molecule has 1 aromatic carbocycles. The highest BCUT2D eigenvalue weighted by molar-refractivity contribution is 5.91. The Morgan fingerprint density at radius 3 is 2.19 bits per heavy atom. The van der Waals surface area contributed by atoms with Crippen molar-refractivity contribution in [2.24, 2.45) is 5.92 Å². The van der Waals surface area contributed by atoms with E-state index in [0.717, 1.165) is 0 Å². The number of Topliss-reactive ketones (excluding diaryl/α,β-unsaturated/α-hetero) is 1. The van der Waals surface area contributed by atoms with Crippen molar-refractivity contribution in [1.82, 2.24) is 5.32 Å². The fraction of sp³-hybridized carbons (Fsp3) is 0.529. The first kappa shape index (κ1) is 21.2. The molecule has 2 N–H and O–H groups in total. The number of carbonyl (C=O) groups excluding carboxylic acids is 2. The second-order valence-corrected chi connectivity index (χ2v) is 6.36. The molecule has 4 nitrogen and oxygen atoms in total. The molecule has 0 radical (unpaired) electrons. The van der Waals surface area contributed by atoms with E-state index >= 15 is 0 Å². The fourth-order valence-corrected chi connectivity index (χ4v) is 2.86. The van der Waals surface area contributed by atoms with Crippen LogP contribution in [0.25, 0.3) is 0 Å². The molecular formula is C17H18F6N2O2. The first-order chi connectivity index (χ1) is 12.5. The quantitative estimate of drug-likeness (QED) is 0.740. The van der Waals surface area contributed by atoms with E-state index in [2.05, 4.69) is 10.6 Å². The normalized spacial score (nSPS) is 18.4. The van der Waals surface area contributed by atoms with Crippen LogP contribution in [0.2, 0.25) is 0 Å². The maximum atomic E-state index is 12.8. The van der Waals surface area contributed by atoms with E-state index in [1.54, 1.807) is 0 Å². The van der Waals surface area contributed by atoms with Gasteiger partial charge in [-0.3, -0.25) is 9.59 Å². The summed E-state index contributed by atoms with van der Waals surface area (Å²) in [5.41, 5.74) is -3.55. The number of rotatable bonds is 5. The first-order valence-electron chi connectivity index (χ1n) is 8.29. The SMILES string of the molecule is O=C(CCCC1CCNCC1=O)Nc1cc(C(F)(F)F)cc(C(F)(F)F)c1. The fourth-order valence-electron chi connectivity index (χ4n) is 2.86. The van der Waals surface area contributed by atoms with Crippen molar-refractivity contribution in [2.75, 3.05) is 18.4 Å². The van der Waals surface area contributed by atoms with Gasteiger partial charge in [0.05, 0.1) is 17.7 Å². The van der Waals surface area contributed by atoms with Gasteiger partial charge in [-0.1, -0.05) is 0 Å². The number of anilines is 1. The molecule has 10 heteroatoms. The number of piperidine rings is 1. The van der Waals surface area contributed by atoms with E-state index in [-0.39, 0.29) is 30.7 Å². The van der Waals surface area contributed by atoms with Crippen LogP contribution >= 0.6 is 0 Å². The van der Waals surface area contributed by atoms with Gasteiger partial charge < -0.3 is 10.6 Å². The van der Waals surface area contributed by atoms with Crippen molar-refractivity contribution in [2.45, 2.75) is 38.0 Å². The molecule has 0 bridgehead atoms. The third kappa shape index (κ3) is 6.23. The van der Waals surface area contributed by atoms with Crippen LogP contribution in [0, 0.1) is 5.92 Å². The second-order valence-electron chi connectivity index (χ2n) is 6.36. The summed E-state index contributed by atoms with van der Waals surface area (Å²) in [6.45, 7) is 0.953. The minimum absolute atomic E-state index is 0.00161. The summed E-state index contributed by atoms with van der Waals surface area (Å²) in [6, 6.07) is 0.922.